The summed E-state index contributed by atoms with van der Waals surface area (Å²) in [6.45, 7) is 0.109. The fourth-order valence-electron chi connectivity index (χ4n) is 4.71. The van der Waals surface area contributed by atoms with Crippen LogP contribution in [0.5, 0.6) is 5.75 Å². The molecule has 5 rings (SSSR count). The smallest absolute Gasteiger partial charge is 0.411 e. The van der Waals surface area contributed by atoms with Crippen molar-refractivity contribution >= 4 is 28.9 Å². The average Bonchev–Trinajstić information content (AvgIpc) is 3.36. The number of carbonyl (C=O) groups is 3. The fourth-order valence-corrected chi connectivity index (χ4v) is 4.71. The summed E-state index contributed by atoms with van der Waals surface area (Å²) in [6, 6.07) is 23.2. The Hall–Kier alpha value is -4.79. The lowest BCUT2D eigenvalue weighted by Gasteiger charge is -2.34. The molecule has 0 fully saturated rings. The van der Waals surface area contributed by atoms with Gasteiger partial charge < -0.3 is 24.5 Å². The number of aromatic amines is 1. The minimum atomic E-state index is -1.02. The molecule has 0 aliphatic carbocycles. The highest BCUT2D eigenvalue weighted by molar-refractivity contribution is 5.94. The summed E-state index contributed by atoms with van der Waals surface area (Å²) in [7, 11) is 1.60. The van der Waals surface area contributed by atoms with E-state index in [0.717, 1.165) is 27.6 Å². The number of benzene rings is 3. The van der Waals surface area contributed by atoms with Crippen LogP contribution in [0, 0.1) is 0 Å². The van der Waals surface area contributed by atoms with E-state index in [1.165, 1.54) is 4.90 Å². The molecule has 2 amide bonds. The number of rotatable bonds is 8. The maximum atomic E-state index is 13.5. The highest BCUT2D eigenvalue weighted by Gasteiger charge is 2.39. The number of fused-ring (bicyclic) bond motifs is 3. The van der Waals surface area contributed by atoms with E-state index in [-0.39, 0.29) is 26.3 Å². The van der Waals surface area contributed by atoms with E-state index >= 15 is 0 Å². The Morgan fingerprint density at radius 2 is 1.59 bits per heavy atom. The SMILES string of the molecule is COc1ccc2[nH]c3c(c2c1)CCN(C(=O)OCc1ccccc1)C3C(=O)NCC(=O)OCc1ccccc1. The largest absolute Gasteiger partial charge is 0.497 e. The number of amides is 2. The molecule has 39 heavy (non-hydrogen) atoms. The van der Waals surface area contributed by atoms with Crippen molar-refractivity contribution in [2.75, 3.05) is 20.2 Å². The van der Waals surface area contributed by atoms with Crippen molar-refractivity contribution in [1.29, 1.82) is 0 Å². The van der Waals surface area contributed by atoms with E-state index in [9.17, 15) is 14.4 Å². The summed E-state index contributed by atoms with van der Waals surface area (Å²) in [5, 5.41) is 3.57. The molecule has 3 aromatic carbocycles. The van der Waals surface area contributed by atoms with Gasteiger partial charge in [0.15, 0.2) is 6.04 Å². The summed E-state index contributed by atoms with van der Waals surface area (Å²) < 4.78 is 16.2. The van der Waals surface area contributed by atoms with Crippen LogP contribution in [0.3, 0.4) is 0 Å². The lowest BCUT2D eigenvalue weighted by molar-refractivity contribution is -0.145. The first-order chi connectivity index (χ1) is 19.0. The summed E-state index contributed by atoms with van der Waals surface area (Å²) in [6.07, 6.45) is -0.0983. The van der Waals surface area contributed by atoms with E-state index < -0.39 is 24.0 Å². The van der Waals surface area contributed by atoms with Crippen LogP contribution in [-0.4, -0.2) is 48.1 Å². The van der Waals surface area contributed by atoms with Crippen molar-refractivity contribution in [2.45, 2.75) is 25.7 Å². The Morgan fingerprint density at radius 3 is 2.26 bits per heavy atom. The van der Waals surface area contributed by atoms with Crippen LogP contribution in [-0.2, 0) is 38.7 Å². The van der Waals surface area contributed by atoms with Gasteiger partial charge in [0.25, 0.3) is 0 Å². The van der Waals surface area contributed by atoms with E-state index in [1.54, 1.807) is 7.11 Å². The molecular formula is C30H29N3O6. The molecule has 1 aliphatic rings. The Balaban J connectivity index is 1.34. The predicted molar refractivity (Wildman–Crippen MR) is 144 cm³/mol. The number of esters is 1. The molecule has 0 bridgehead atoms. The third kappa shape index (κ3) is 5.87. The van der Waals surface area contributed by atoms with Gasteiger partial charge in [-0.2, -0.15) is 0 Å². The molecule has 4 aromatic rings. The van der Waals surface area contributed by atoms with Crippen LogP contribution >= 0.6 is 0 Å². The van der Waals surface area contributed by atoms with Crippen LogP contribution in [0.25, 0.3) is 10.9 Å². The van der Waals surface area contributed by atoms with E-state index in [2.05, 4.69) is 10.3 Å². The zero-order valence-corrected chi connectivity index (χ0v) is 21.5. The zero-order valence-electron chi connectivity index (χ0n) is 21.5. The van der Waals surface area contributed by atoms with Gasteiger partial charge in [-0.15, -0.1) is 0 Å². The van der Waals surface area contributed by atoms with Crippen LogP contribution < -0.4 is 10.1 Å². The van der Waals surface area contributed by atoms with E-state index in [0.29, 0.717) is 17.9 Å². The molecule has 1 unspecified atom stereocenters. The molecule has 9 heteroatoms. The molecule has 0 saturated carbocycles. The number of carbonyl (C=O) groups excluding carboxylic acids is 3. The van der Waals surface area contributed by atoms with Gasteiger partial charge in [-0.25, -0.2) is 4.79 Å². The lowest BCUT2D eigenvalue weighted by atomic mass is 9.97. The van der Waals surface area contributed by atoms with Crippen molar-refractivity contribution in [3.05, 3.63) is 101 Å². The Kier molecular flexibility index (Phi) is 7.77. The number of nitrogens with one attached hydrogen (secondary N) is 2. The topological polar surface area (TPSA) is 110 Å². The van der Waals surface area contributed by atoms with Gasteiger partial charge in [-0.3, -0.25) is 14.5 Å². The number of hydrogen-bond acceptors (Lipinski definition) is 6. The third-order valence-corrected chi connectivity index (χ3v) is 6.67. The van der Waals surface area contributed by atoms with Gasteiger partial charge in [0, 0.05) is 17.4 Å². The van der Waals surface area contributed by atoms with Crippen LogP contribution in [0.4, 0.5) is 4.79 Å². The molecule has 0 radical (unpaired) electrons. The van der Waals surface area contributed by atoms with Crippen molar-refractivity contribution in [3.8, 4) is 5.75 Å². The number of ether oxygens (including phenoxy) is 3. The maximum Gasteiger partial charge on any atom is 0.411 e. The molecule has 1 aromatic heterocycles. The van der Waals surface area contributed by atoms with Crippen molar-refractivity contribution in [1.82, 2.24) is 15.2 Å². The standard InChI is InChI=1S/C30H29N3O6/c1-37-22-12-13-25-24(16-22)23-14-15-33(30(36)39-19-21-10-6-3-7-11-21)28(27(23)32-25)29(35)31-17-26(34)38-18-20-8-4-2-5-9-20/h2-13,16,28,32H,14-15,17-19H2,1H3,(H,31,35). The first kappa shape index (κ1) is 25.8. The number of methoxy groups -OCH3 is 1. The first-order valence-electron chi connectivity index (χ1n) is 12.7. The third-order valence-electron chi connectivity index (χ3n) is 6.67. The molecule has 2 N–H and O–H groups in total. The Labute approximate surface area is 225 Å². The number of nitrogens with zero attached hydrogens (tertiary/aromatic N) is 1. The van der Waals surface area contributed by atoms with Gasteiger partial charge in [-0.05, 0) is 41.3 Å². The Bertz CT molecular complexity index is 1470. The highest BCUT2D eigenvalue weighted by atomic mass is 16.6. The monoisotopic (exact) mass is 527 g/mol. The summed E-state index contributed by atoms with van der Waals surface area (Å²) in [5.41, 5.74) is 4.00. The highest BCUT2D eigenvalue weighted by Crippen LogP contribution is 2.36. The molecule has 1 atom stereocenters. The fraction of sp³-hybridized carbons (Fsp3) is 0.233. The second-order valence-electron chi connectivity index (χ2n) is 9.18. The van der Waals surface area contributed by atoms with Gasteiger partial charge >= 0.3 is 12.1 Å². The van der Waals surface area contributed by atoms with Crippen molar-refractivity contribution in [2.24, 2.45) is 0 Å². The van der Waals surface area contributed by atoms with Crippen molar-refractivity contribution < 1.29 is 28.6 Å². The molecule has 9 nitrogen and oxygen atoms in total. The number of aromatic nitrogens is 1. The summed E-state index contributed by atoms with van der Waals surface area (Å²) >= 11 is 0. The first-order valence-corrected chi connectivity index (χ1v) is 12.7. The predicted octanol–water partition coefficient (Wildman–Crippen LogP) is 4.27. The lowest BCUT2D eigenvalue weighted by Crippen LogP contribution is -2.48. The van der Waals surface area contributed by atoms with Gasteiger partial charge in [0.1, 0.15) is 25.5 Å². The van der Waals surface area contributed by atoms with E-state index in [1.807, 2.05) is 78.9 Å². The van der Waals surface area contributed by atoms with Crippen LogP contribution in [0.1, 0.15) is 28.4 Å². The summed E-state index contributed by atoms with van der Waals surface area (Å²) in [5.74, 6) is -0.401. The number of hydrogen-bond donors (Lipinski definition) is 2. The minimum absolute atomic E-state index is 0.0765. The van der Waals surface area contributed by atoms with Crippen LogP contribution in [0.2, 0.25) is 0 Å². The second kappa shape index (κ2) is 11.7. The summed E-state index contributed by atoms with van der Waals surface area (Å²) in [4.78, 5) is 43.8. The molecule has 0 saturated heterocycles. The molecule has 0 spiro atoms. The van der Waals surface area contributed by atoms with Gasteiger partial charge in [-0.1, -0.05) is 60.7 Å². The van der Waals surface area contributed by atoms with Gasteiger partial charge in [0.2, 0.25) is 5.91 Å². The van der Waals surface area contributed by atoms with E-state index in [4.69, 9.17) is 14.2 Å². The molecular weight excluding hydrogens is 498 g/mol. The second-order valence-corrected chi connectivity index (χ2v) is 9.18. The normalized spacial score (nSPS) is 14.4. The quantitative estimate of drug-likeness (QED) is 0.331. The molecule has 1 aliphatic heterocycles. The van der Waals surface area contributed by atoms with Gasteiger partial charge in [0.05, 0.1) is 12.8 Å². The molecule has 200 valence electrons. The van der Waals surface area contributed by atoms with Crippen molar-refractivity contribution in [3.63, 3.8) is 0 Å². The maximum absolute atomic E-state index is 13.5. The average molecular weight is 528 g/mol. The molecule has 2 heterocycles. The zero-order chi connectivity index (χ0) is 27.2. The van der Waals surface area contributed by atoms with Crippen LogP contribution in [0.15, 0.2) is 78.9 Å². The number of H-pyrrole nitrogens is 1. The minimum Gasteiger partial charge on any atom is -0.497 e. The Morgan fingerprint density at radius 1 is 0.923 bits per heavy atom.